The molecule has 0 bridgehead atoms. The third kappa shape index (κ3) is 8.09. The second-order valence-electron chi connectivity index (χ2n) is 9.91. The summed E-state index contributed by atoms with van der Waals surface area (Å²) in [6, 6.07) is 9.51. The van der Waals surface area contributed by atoms with E-state index in [9.17, 15) is 18.0 Å². The van der Waals surface area contributed by atoms with E-state index < -0.39 is 28.7 Å². The minimum Gasteiger partial charge on any atom is -0.354 e. The molecule has 2 amide bonds. The predicted molar refractivity (Wildman–Crippen MR) is 155 cm³/mol. The zero-order valence-electron chi connectivity index (χ0n) is 23.1. The number of amides is 2. The molecular weight excluding hydrogens is 547 g/mol. The Morgan fingerprint density at radius 1 is 1.03 bits per heavy atom. The zero-order chi connectivity index (χ0) is 28.8. The summed E-state index contributed by atoms with van der Waals surface area (Å²) in [5, 5.41) is 3.69. The van der Waals surface area contributed by atoms with Gasteiger partial charge in [0.1, 0.15) is 12.6 Å². The van der Waals surface area contributed by atoms with Gasteiger partial charge in [-0.25, -0.2) is 4.31 Å². The molecule has 2 aromatic carbocycles. The van der Waals surface area contributed by atoms with Crippen molar-refractivity contribution < 1.29 is 18.0 Å². The third-order valence-corrected chi connectivity index (χ3v) is 8.47. The number of nitrogens with zero attached hydrogens (tertiary/aromatic N) is 3. The molecule has 2 rings (SSSR count). The average molecular weight is 586 g/mol. The van der Waals surface area contributed by atoms with Crippen LogP contribution >= 0.6 is 23.2 Å². The molecular formula is C27H38Cl2N4O4S. The molecule has 1 atom stereocenters. The minimum absolute atomic E-state index is 0.00505. The van der Waals surface area contributed by atoms with E-state index in [0.29, 0.717) is 39.8 Å². The largest absolute Gasteiger partial charge is 0.354 e. The van der Waals surface area contributed by atoms with Crippen LogP contribution in [-0.4, -0.2) is 62.7 Å². The third-order valence-electron chi connectivity index (χ3n) is 6.08. The fraction of sp³-hybridized carbons (Fsp3) is 0.481. The second kappa shape index (κ2) is 13.6. The number of aryl methyl sites for hydroxylation is 2. The number of halogens is 2. The summed E-state index contributed by atoms with van der Waals surface area (Å²) in [7, 11) is -1.22. The number of hydrogen-bond acceptors (Lipinski definition) is 4. The van der Waals surface area contributed by atoms with Crippen LogP contribution in [0, 0.1) is 19.8 Å². The molecule has 38 heavy (non-hydrogen) atoms. The molecule has 0 unspecified atom stereocenters. The van der Waals surface area contributed by atoms with Gasteiger partial charge in [0, 0.05) is 37.2 Å². The maximum Gasteiger partial charge on any atom is 0.304 e. The molecule has 8 nitrogen and oxygen atoms in total. The van der Waals surface area contributed by atoms with E-state index in [2.05, 4.69) is 5.32 Å². The van der Waals surface area contributed by atoms with Gasteiger partial charge in [0.25, 0.3) is 0 Å². The SMILES string of the molecule is CC[C@@H](C(=O)NCC(C)C)N(Cc1ccc(Cl)cc1Cl)C(=O)CN(c1cc(C)ccc1C)S(=O)(=O)N(C)C. The number of carbonyl (C=O) groups is 2. The zero-order valence-corrected chi connectivity index (χ0v) is 25.4. The Morgan fingerprint density at radius 2 is 1.68 bits per heavy atom. The lowest BCUT2D eigenvalue weighted by Crippen LogP contribution is -2.53. The summed E-state index contributed by atoms with van der Waals surface area (Å²) in [6.07, 6.45) is 0.324. The summed E-state index contributed by atoms with van der Waals surface area (Å²) in [6.45, 7) is 9.36. The van der Waals surface area contributed by atoms with Crippen LogP contribution in [0.4, 0.5) is 5.69 Å². The van der Waals surface area contributed by atoms with E-state index in [0.717, 1.165) is 14.2 Å². The van der Waals surface area contributed by atoms with Crippen molar-refractivity contribution in [3.05, 3.63) is 63.1 Å². The van der Waals surface area contributed by atoms with Crippen molar-refractivity contribution in [2.75, 3.05) is 31.5 Å². The Kier molecular flexibility index (Phi) is 11.4. The first-order valence-electron chi connectivity index (χ1n) is 12.5. The van der Waals surface area contributed by atoms with Gasteiger partial charge in [-0.15, -0.1) is 0 Å². The average Bonchev–Trinajstić information content (AvgIpc) is 2.83. The lowest BCUT2D eigenvalue weighted by Gasteiger charge is -2.34. The molecule has 0 saturated heterocycles. The molecule has 2 aromatic rings. The van der Waals surface area contributed by atoms with Crippen molar-refractivity contribution in [1.29, 1.82) is 0 Å². The molecule has 0 aromatic heterocycles. The van der Waals surface area contributed by atoms with E-state index in [1.54, 1.807) is 31.2 Å². The van der Waals surface area contributed by atoms with Crippen LogP contribution in [0.1, 0.15) is 43.9 Å². The Bertz CT molecular complexity index is 1250. The van der Waals surface area contributed by atoms with Gasteiger partial charge in [0.2, 0.25) is 11.8 Å². The molecule has 0 spiro atoms. The van der Waals surface area contributed by atoms with Gasteiger partial charge in [0.15, 0.2) is 0 Å². The second-order valence-corrected chi connectivity index (χ2v) is 12.8. The highest BCUT2D eigenvalue weighted by atomic mass is 35.5. The molecule has 0 aliphatic carbocycles. The Balaban J connectivity index is 2.57. The maximum atomic E-state index is 14.0. The molecule has 1 N–H and O–H groups in total. The minimum atomic E-state index is -4.05. The van der Waals surface area contributed by atoms with Crippen molar-refractivity contribution in [2.24, 2.45) is 5.92 Å². The smallest absolute Gasteiger partial charge is 0.304 e. The highest BCUT2D eigenvalue weighted by molar-refractivity contribution is 7.90. The molecule has 0 saturated carbocycles. The fourth-order valence-corrected chi connectivity index (χ4v) is 5.45. The number of benzene rings is 2. The lowest BCUT2D eigenvalue weighted by atomic mass is 10.1. The van der Waals surface area contributed by atoms with Gasteiger partial charge in [-0.05, 0) is 61.1 Å². The number of rotatable bonds is 12. The first-order valence-corrected chi connectivity index (χ1v) is 14.6. The predicted octanol–water partition coefficient (Wildman–Crippen LogP) is 4.80. The van der Waals surface area contributed by atoms with Crippen molar-refractivity contribution >= 4 is 50.9 Å². The van der Waals surface area contributed by atoms with E-state index in [-0.39, 0.29) is 18.4 Å². The lowest BCUT2D eigenvalue weighted by molar-refractivity contribution is -0.140. The van der Waals surface area contributed by atoms with E-state index in [4.69, 9.17) is 23.2 Å². The highest BCUT2D eigenvalue weighted by Crippen LogP contribution is 2.27. The monoisotopic (exact) mass is 584 g/mol. The molecule has 0 heterocycles. The molecule has 0 aliphatic heterocycles. The Labute approximate surface area is 237 Å². The highest BCUT2D eigenvalue weighted by Gasteiger charge is 2.34. The number of hydrogen-bond donors (Lipinski definition) is 1. The Morgan fingerprint density at radius 3 is 2.24 bits per heavy atom. The molecule has 0 radical (unpaired) electrons. The standard InChI is InChI=1S/C27H38Cl2N4O4S/c1-8-24(27(35)30-15-18(2)3)32(16-21-11-12-22(28)14-23(21)29)26(34)17-33(38(36,37)31(6)7)25-13-19(4)9-10-20(25)5/h9-14,18,24H,8,15-17H2,1-7H3,(H,30,35)/t24-/m0/s1. The number of anilines is 1. The first kappa shape index (κ1) is 31.9. The first-order chi connectivity index (χ1) is 17.7. The van der Waals surface area contributed by atoms with Crippen LogP contribution in [0.25, 0.3) is 0 Å². The summed E-state index contributed by atoms with van der Waals surface area (Å²) in [4.78, 5) is 28.6. The van der Waals surface area contributed by atoms with Crippen LogP contribution in [-0.2, 0) is 26.3 Å². The van der Waals surface area contributed by atoms with Gasteiger partial charge in [-0.2, -0.15) is 12.7 Å². The van der Waals surface area contributed by atoms with E-state index in [1.807, 2.05) is 39.8 Å². The van der Waals surface area contributed by atoms with Gasteiger partial charge >= 0.3 is 10.2 Å². The van der Waals surface area contributed by atoms with Gasteiger partial charge in [-0.1, -0.05) is 62.2 Å². The molecule has 11 heteroatoms. The molecule has 0 fully saturated rings. The van der Waals surface area contributed by atoms with Crippen LogP contribution < -0.4 is 9.62 Å². The van der Waals surface area contributed by atoms with Gasteiger partial charge in [-0.3, -0.25) is 9.59 Å². The van der Waals surface area contributed by atoms with Crippen molar-refractivity contribution in [3.63, 3.8) is 0 Å². The van der Waals surface area contributed by atoms with Crippen molar-refractivity contribution in [2.45, 2.75) is 53.6 Å². The fourth-order valence-electron chi connectivity index (χ4n) is 3.87. The molecule has 0 aliphatic rings. The normalized spacial score (nSPS) is 12.5. The van der Waals surface area contributed by atoms with Crippen molar-refractivity contribution in [1.82, 2.24) is 14.5 Å². The van der Waals surface area contributed by atoms with Crippen LogP contribution in [0.15, 0.2) is 36.4 Å². The summed E-state index contributed by atoms with van der Waals surface area (Å²) >= 11 is 12.5. The van der Waals surface area contributed by atoms with E-state index in [1.165, 1.54) is 19.0 Å². The van der Waals surface area contributed by atoms with E-state index >= 15 is 0 Å². The summed E-state index contributed by atoms with van der Waals surface area (Å²) < 4.78 is 29.0. The van der Waals surface area contributed by atoms with Gasteiger partial charge < -0.3 is 10.2 Å². The van der Waals surface area contributed by atoms with Crippen LogP contribution in [0.2, 0.25) is 10.0 Å². The maximum absolute atomic E-state index is 14.0. The topological polar surface area (TPSA) is 90.0 Å². The number of nitrogens with one attached hydrogen (secondary N) is 1. The Hall–Kier alpha value is -2.33. The number of carbonyl (C=O) groups excluding carboxylic acids is 2. The van der Waals surface area contributed by atoms with Crippen LogP contribution in [0.3, 0.4) is 0 Å². The van der Waals surface area contributed by atoms with Gasteiger partial charge in [0.05, 0.1) is 5.69 Å². The summed E-state index contributed by atoms with van der Waals surface area (Å²) in [5.74, 6) is -0.626. The molecule has 210 valence electrons. The van der Waals surface area contributed by atoms with Crippen molar-refractivity contribution in [3.8, 4) is 0 Å². The summed E-state index contributed by atoms with van der Waals surface area (Å²) in [5.41, 5.74) is 2.53. The van der Waals surface area contributed by atoms with Crippen LogP contribution in [0.5, 0.6) is 0 Å². The quantitative estimate of drug-likeness (QED) is 0.388.